The van der Waals surface area contributed by atoms with Crippen LogP contribution in [0.15, 0.2) is 16.6 Å². The van der Waals surface area contributed by atoms with Crippen LogP contribution in [0.5, 0.6) is 0 Å². The summed E-state index contributed by atoms with van der Waals surface area (Å²) in [6.45, 7) is 2.58. The molecule has 1 aromatic rings. The molecule has 0 bridgehead atoms. The van der Waals surface area contributed by atoms with Crippen molar-refractivity contribution >= 4 is 15.9 Å². The second kappa shape index (κ2) is 6.08. The highest BCUT2D eigenvalue weighted by Crippen LogP contribution is 2.27. The highest BCUT2D eigenvalue weighted by molar-refractivity contribution is 9.10. The van der Waals surface area contributed by atoms with Crippen LogP contribution in [0.25, 0.3) is 0 Å². The van der Waals surface area contributed by atoms with Crippen LogP contribution in [0.4, 0.5) is 8.78 Å². The maximum Gasteiger partial charge on any atom is 0.144 e. The summed E-state index contributed by atoms with van der Waals surface area (Å²) < 4.78 is 27.9. The van der Waals surface area contributed by atoms with Crippen molar-refractivity contribution in [3.8, 4) is 0 Å². The van der Waals surface area contributed by atoms with Gasteiger partial charge in [0, 0.05) is 24.2 Å². The Hall–Kier alpha value is -0.520. The third-order valence-electron chi connectivity index (χ3n) is 4.53. The van der Waals surface area contributed by atoms with Gasteiger partial charge in [0.2, 0.25) is 0 Å². The number of halogens is 3. The van der Waals surface area contributed by atoms with Crippen molar-refractivity contribution in [1.82, 2.24) is 10.2 Å². The largest absolute Gasteiger partial charge is 0.310 e. The van der Waals surface area contributed by atoms with Crippen LogP contribution < -0.4 is 5.32 Å². The quantitative estimate of drug-likeness (QED) is 0.845. The zero-order valence-corrected chi connectivity index (χ0v) is 12.9. The zero-order chi connectivity index (χ0) is 14.1. The minimum Gasteiger partial charge on any atom is -0.310 e. The average molecular weight is 345 g/mol. The second-order valence-corrected chi connectivity index (χ2v) is 6.61. The molecular weight excluding hydrogens is 326 g/mol. The van der Waals surface area contributed by atoms with Gasteiger partial charge in [0.05, 0.1) is 4.47 Å². The minimum absolute atomic E-state index is 0.133. The Labute approximate surface area is 126 Å². The van der Waals surface area contributed by atoms with Gasteiger partial charge in [-0.05, 0) is 66.8 Å². The van der Waals surface area contributed by atoms with E-state index in [1.807, 2.05) is 0 Å². The molecule has 1 aromatic carbocycles. The van der Waals surface area contributed by atoms with Gasteiger partial charge < -0.3 is 10.2 Å². The van der Waals surface area contributed by atoms with Crippen molar-refractivity contribution in [3.05, 3.63) is 33.8 Å². The maximum absolute atomic E-state index is 13.9. The van der Waals surface area contributed by atoms with Gasteiger partial charge in [-0.1, -0.05) is 0 Å². The third-order valence-corrected chi connectivity index (χ3v) is 5.14. The first kappa shape index (κ1) is 14.4. The molecule has 2 aliphatic heterocycles. The molecule has 1 N–H and O–H groups in total. The predicted octanol–water partition coefficient (Wildman–Crippen LogP) is 3.44. The molecule has 2 aliphatic rings. The molecule has 2 fully saturated rings. The lowest BCUT2D eigenvalue weighted by molar-refractivity contribution is 0.166. The lowest BCUT2D eigenvalue weighted by Crippen LogP contribution is -2.45. The van der Waals surface area contributed by atoms with Gasteiger partial charge in [-0.2, -0.15) is 0 Å². The molecule has 2 nitrogen and oxygen atoms in total. The molecule has 0 amide bonds. The van der Waals surface area contributed by atoms with Gasteiger partial charge in [-0.3, -0.25) is 0 Å². The number of hydrogen-bond donors (Lipinski definition) is 1. The topological polar surface area (TPSA) is 15.3 Å². The lowest BCUT2D eigenvalue weighted by Gasteiger charge is -2.35. The summed E-state index contributed by atoms with van der Waals surface area (Å²) in [7, 11) is 0. The molecule has 2 saturated heterocycles. The van der Waals surface area contributed by atoms with Crippen molar-refractivity contribution in [2.45, 2.75) is 44.3 Å². The molecule has 0 aliphatic carbocycles. The van der Waals surface area contributed by atoms with Gasteiger partial charge in [0.25, 0.3) is 0 Å². The van der Waals surface area contributed by atoms with E-state index in [9.17, 15) is 8.78 Å². The normalized spacial score (nSPS) is 26.8. The summed E-state index contributed by atoms with van der Waals surface area (Å²) in [4.78, 5) is 2.54. The lowest BCUT2D eigenvalue weighted by atomic mass is 9.97. The fourth-order valence-electron chi connectivity index (χ4n) is 3.39. The molecular formula is C15H19BrF2N2. The standard InChI is InChI=1S/C15H19BrF2N2/c16-13-3-4-14(17)12(15(13)18)9-19-10-5-7-20-6-1-2-11(20)8-10/h3-4,10-11,19H,1-2,5-9H2. The minimum atomic E-state index is -0.490. The Morgan fingerprint density at radius 2 is 2.10 bits per heavy atom. The Morgan fingerprint density at radius 1 is 1.25 bits per heavy atom. The number of fused-ring (bicyclic) bond motifs is 1. The zero-order valence-electron chi connectivity index (χ0n) is 11.3. The van der Waals surface area contributed by atoms with Gasteiger partial charge in [0.15, 0.2) is 0 Å². The maximum atomic E-state index is 13.9. The first-order valence-corrected chi connectivity index (χ1v) is 8.04. The van der Waals surface area contributed by atoms with Crippen LogP contribution in [0, 0.1) is 11.6 Å². The van der Waals surface area contributed by atoms with E-state index in [1.165, 1.54) is 31.5 Å². The predicted molar refractivity (Wildman–Crippen MR) is 78.5 cm³/mol. The smallest absolute Gasteiger partial charge is 0.144 e. The molecule has 110 valence electrons. The van der Waals surface area contributed by atoms with Crippen LogP contribution in [-0.2, 0) is 6.54 Å². The highest BCUT2D eigenvalue weighted by atomic mass is 79.9. The van der Waals surface area contributed by atoms with E-state index < -0.39 is 11.6 Å². The van der Waals surface area contributed by atoms with Crippen molar-refractivity contribution in [2.75, 3.05) is 13.1 Å². The molecule has 2 heterocycles. The fraction of sp³-hybridized carbons (Fsp3) is 0.600. The number of piperidine rings is 1. The Kier molecular flexibility index (Phi) is 4.38. The molecule has 2 unspecified atom stereocenters. The van der Waals surface area contributed by atoms with Crippen molar-refractivity contribution in [2.24, 2.45) is 0 Å². The summed E-state index contributed by atoms with van der Waals surface area (Å²) in [6, 6.07) is 3.75. The van der Waals surface area contributed by atoms with E-state index in [-0.39, 0.29) is 12.1 Å². The Balaban J connectivity index is 1.61. The third kappa shape index (κ3) is 2.90. The monoisotopic (exact) mass is 344 g/mol. The Morgan fingerprint density at radius 3 is 2.95 bits per heavy atom. The molecule has 0 radical (unpaired) electrons. The first-order chi connectivity index (χ1) is 9.65. The molecule has 3 rings (SSSR count). The summed E-state index contributed by atoms with van der Waals surface area (Å²) in [5, 5.41) is 3.33. The van der Waals surface area contributed by atoms with E-state index in [1.54, 1.807) is 0 Å². The van der Waals surface area contributed by atoms with Crippen LogP contribution in [-0.4, -0.2) is 30.1 Å². The van der Waals surface area contributed by atoms with Crippen molar-refractivity contribution < 1.29 is 8.78 Å². The summed E-state index contributed by atoms with van der Waals surface area (Å²) in [6.07, 6.45) is 4.70. The van der Waals surface area contributed by atoms with Gasteiger partial charge >= 0.3 is 0 Å². The average Bonchev–Trinajstić information content (AvgIpc) is 2.90. The SMILES string of the molecule is Fc1ccc(Br)c(F)c1CNC1CCN2CCCC2C1. The molecule has 2 atom stereocenters. The summed E-state index contributed by atoms with van der Waals surface area (Å²) in [5.41, 5.74) is 0.133. The fourth-order valence-corrected chi connectivity index (χ4v) is 3.76. The van der Waals surface area contributed by atoms with E-state index in [0.717, 1.165) is 19.4 Å². The number of nitrogens with zero attached hydrogens (tertiary/aromatic N) is 1. The van der Waals surface area contributed by atoms with Crippen molar-refractivity contribution in [1.29, 1.82) is 0 Å². The number of benzene rings is 1. The van der Waals surface area contributed by atoms with Gasteiger partial charge in [-0.15, -0.1) is 0 Å². The van der Waals surface area contributed by atoms with Gasteiger partial charge in [0.1, 0.15) is 11.6 Å². The molecule has 0 spiro atoms. The number of nitrogens with one attached hydrogen (secondary N) is 1. The first-order valence-electron chi connectivity index (χ1n) is 7.25. The van der Waals surface area contributed by atoms with Crippen molar-refractivity contribution in [3.63, 3.8) is 0 Å². The van der Waals surface area contributed by atoms with E-state index in [4.69, 9.17) is 0 Å². The number of rotatable bonds is 3. The number of hydrogen-bond acceptors (Lipinski definition) is 2. The highest BCUT2D eigenvalue weighted by Gasteiger charge is 2.31. The molecule has 0 aromatic heterocycles. The van der Waals surface area contributed by atoms with E-state index in [2.05, 4.69) is 26.1 Å². The van der Waals surface area contributed by atoms with Crippen LogP contribution in [0.1, 0.15) is 31.2 Å². The van der Waals surface area contributed by atoms with E-state index in [0.29, 0.717) is 16.6 Å². The summed E-state index contributed by atoms with van der Waals surface area (Å²) >= 11 is 3.11. The molecule has 20 heavy (non-hydrogen) atoms. The van der Waals surface area contributed by atoms with Crippen LogP contribution in [0.2, 0.25) is 0 Å². The second-order valence-electron chi connectivity index (χ2n) is 5.76. The molecule has 0 saturated carbocycles. The van der Waals surface area contributed by atoms with Gasteiger partial charge in [-0.25, -0.2) is 8.78 Å². The van der Waals surface area contributed by atoms with E-state index >= 15 is 0 Å². The van der Waals surface area contributed by atoms with Crippen LogP contribution in [0.3, 0.4) is 0 Å². The van der Waals surface area contributed by atoms with Crippen LogP contribution >= 0.6 is 15.9 Å². The molecule has 5 heteroatoms. The summed E-state index contributed by atoms with van der Waals surface area (Å²) in [5.74, 6) is -0.965. The Bertz CT molecular complexity index is 495.